The summed E-state index contributed by atoms with van der Waals surface area (Å²) < 4.78 is 1.84. The fourth-order valence-electron chi connectivity index (χ4n) is 3.89. The molecule has 0 bridgehead atoms. The summed E-state index contributed by atoms with van der Waals surface area (Å²) in [5.74, 6) is -1.61. The molecule has 2 aromatic heterocycles. The van der Waals surface area contributed by atoms with E-state index in [0.29, 0.717) is 30.8 Å². The Morgan fingerprint density at radius 1 is 1.06 bits per heavy atom. The predicted molar refractivity (Wildman–Crippen MR) is 134 cm³/mol. The maximum atomic E-state index is 12.7. The molecule has 0 radical (unpaired) electrons. The van der Waals surface area contributed by atoms with Crippen molar-refractivity contribution in [1.29, 1.82) is 0 Å². The molecule has 1 saturated carbocycles. The van der Waals surface area contributed by atoms with Crippen molar-refractivity contribution in [3.05, 3.63) is 101 Å². The highest BCUT2D eigenvalue weighted by atomic mass is 16.4. The highest BCUT2D eigenvalue weighted by Crippen LogP contribution is 2.32. The van der Waals surface area contributed by atoms with E-state index in [1.807, 2.05) is 54.1 Å². The Labute approximate surface area is 203 Å². The van der Waals surface area contributed by atoms with Gasteiger partial charge in [-0.05, 0) is 68.2 Å². The van der Waals surface area contributed by atoms with Crippen molar-refractivity contribution in [2.45, 2.75) is 38.3 Å². The Balaban J connectivity index is 1.39. The summed E-state index contributed by atoms with van der Waals surface area (Å²) in [7, 11) is 0. The van der Waals surface area contributed by atoms with Crippen molar-refractivity contribution >= 4 is 29.8 Å². The molecule has 1 amide bonds. The van der Waals surface area contributed by atoms with E-state index in [0.717, 1.165) is 17.5 Å². The first-order chi connectivity index (χ1) is 16.9. The fourth-order valence-corrected chi connectivity index (χ4v) is 3.89. The van der Waals surface area contributed by atoms with E-state index in [9.17, 15) is 19.5 Å². The van der Waals surface area contributed by atoms with Crippen molar-refractivity contribution in [1.82, 2.24) is 14.9 Å². The summed E-state index contributed by atoms with van der Waals surface area (Å²) >= 11 is 0. The van der Waals surface area contributed by atoms with Gasteiger partial charge in [-0.15, -0.1) is 0 Å². The summed E-state index contributed by atoms with van der Waals surface area (Å²) in [5.41, 5.74) is 2.24. The molecule has 0 spiro atoms. The minimum absolute atomic E-state index is 0.0934. The van der Waals surface area contributed by atoms with E-state index in [2.05, 4.69) is 10.3 Å². The summed E-state index contributed by atoms with van der Waals surface area (Å²) in [6, 6.07) is 16.6. The summed E-state index contributed by atoms with van der Waals surface area (Å²) in [6.07, 6.45) is 10.4. The number of carboxylic acids is 1. The van der Waals surface area contributed by atoms with Crippen LogP contribution in [-0.4, -0.2) is 37.9 Å². The number of hydrogen-bond donors (Lipinski definition) is 2. The van der Waals surface area contributed by atoms with Crippen LogP contribution in [0, 0.1) is 6.92 Å². The Bertz CT molecular complexity index is 1300. The second kappa shape index (κ2) is 10.3. The van der Waals surface area contributed by atoms with E-state index in [1.54, 1.807) is 42.5 Å². The van der Waals surface area contributed by atoms with Crippen molar-refractivity contribution in [3.8, 4) is 0 Å². The number of allylic oxidation sites excluding steroid dienone is 2. The van der Waals surface area contributed by atoms with Crippen LogP contribution in [0.15, 0.2) is 72.9 Å². The third-order valence-electron chi connectivity index (χ3n) is 6.15. The van der Waals surface area contributed by atoms with Gasteiger partial charge in [0, 0.05) is 12.7 Å². The molecule has 2 N–H and O–H groups in total. The van der Waals surface area contributed by atoms with Crippen LogP contribution in [0.1, 0.15) is 57.1 Å². The van der Waals surface area contributed by atoms with Gasteiger partial charge < -0.3 is 15.0 Å². The maximum Gasteiger partial charge on any atom is 0.329 e. The van der Waals surface area contributed by atoms with E-state index >= 15 is 0 Å². The zero-order valence-corrected chi connectivity index (χ0v) is 19.5. The topological polar surface area (TPSA) is 101 Å². The lowest BCUT2D eigenvalue weighted by Gasteiger charge is -2.38. The molecular formula is C28H27N3O4. The molecule has 7 nitrogen and oxygen atoms in total. The molecule has 0 atom stereocenters. The SMILES string of the molecule is Cc1ccc(/C=C/C(=O)c2cccn2C/C=C/c2cccc(C(=O)NC3(C(=O)O)CCC3)n2)cc1. The molecule has 1 aromatic carbocycles. The van der Waals surface area contributed by atoms with Crippen LogP contribution in [0.25, 0.3) is 12.2 Å². The molecule has 1 fully saturated rings. The van der Waals surface area contributed by atoms with E-state index < -0.39 is 17.4 Å². The summed E-state index contributed by atoms with van der Waals surface area (Å²) in [5, 5.41) is 12.1. The minimum Gasteiger partial charge on any atom is -0.480 e. The number of nitrogens with one attached hydrogen (secondary N) is 1. The highest BCUT2D eigenvalue weighted by molar-refractivity contribution is 6.05. The average molecular weight is 470 g/mol. The zero-order valence-electron chi connectivity index (χ0n) is 19.5. The van der Waals surface area contributed by atoms with Crippen LogP contribution in [0.5, 0.6) is 0 Å². The van der Waals surface area contributed by atoms with Gasteiger partial charge in [-0.1, -0.05) is 48.0 Å². The number of benzene rings is 1. The fraction of sp³-hybridized carbons (Fsp3) is 0.214. The van der Waals surface area contributed by atoms with Crippen molar-refractivity contribution in [2.75, 3.05) is 0 Å². The van der Waals surface area contributed by atoms with Crippen LogP contribution in [0.4, 0.5) is 0 Å². The van der Waals surface area contributed by atoms with Crippen LogP contribution in [0.2, 0.25) is 0 Å². The number of aliphatic carboxylic acids is 1. The molecule has 1 aliphatic rings. The highest BCUT2D eigenvalue weighted by Gasteiger charge is 2.45. The number of carboxylic acid groups (broad SMARTS) is 1. The molecule has 4 rings (SSSR count). The Morgan fingerprint density at radius 2 is 1.83 bits per heavy atom. The lowest BCUT2D eigenvalue weighted by atomic mass is 9.76. The monoisotopic (exact) mass is 469 g/mol. The zero-order chi connectivity index (χ0) is 24.8. The van der Waals surface area contributed by atoms with Gasteiger partial charge in [0.2, 0.25) is 5.78 Å². The first-order valence-electron chi connectivity index (χ1n) is 11.5. The second-order valence-electron chi connectivity index (χ2n) is 8.70. The molecule has 7 heteroatoms. The number of ketones is 1. The first-order valence-corrected chi connectivity index (χ1v) is 11.5. The third kappa shape index (κ3) is 5.63. The number of carbonyl (C=O) groups excluding carboxylic acids is 2. The molecule has 2 heterocycles. The van der Waals surface area contributed by atoms with Gasteiger partial charge in [-0.3, -0.25) is 9.59 Å². The maximum absolute atomic E-state index is 12.7. The second-order valence-corrected chi connectivity index (χ2v) is 8.70. The number of nitrogens with zero attached hydrogens (tertiary/aromatic N) is 2. The smallest absolute Gasteiger partial charge is 0.329 e. The Hall–Kier alpha value is -4.26. The number of pyridine rings is 1. The molecule has 3 aromatic rings. The van der Waals surface area contributed by atoms with E-state index in [4.69, 9.17) is 0 Å². The number of hydrogen-bond acceptors (Lipinski definition) is 4. The van der Waals surface area contributed by atoms with Crippen LogP contribution in [-0.2, 0) is 11.3 Å². The molecule has 35 heavy (non-hydrogen) atoms. The van der Waals surface area contributed by atoms with Crippen LogP contribution < -0.4 is 5.32 Å². The predicted octanol–water partition coefficient (Wildman–Crippen LogP) is 4.54. The minimum atomic E-state index is -1.18. The standard InChI is InChI=1S/C28H27N3O4/c1-20-10-12-21(13-11-20)14-15-25(32)24-9-4-19-31(24)18-3-7-22-6-2-8-23(29-22)26(33)30-28(27(34)35)16-5-17-28/h2-4,6-15,19H,5,16-18H2,1H3,(H,30,33)(H,34,35)/b7-3+,15-14+. The van der Waals surface area contributed by atoms with Gasteiger partial charge in [-0.2, -0.15) is 0 Å². The van der Waals surface area contributed by atoms with Crippen molar-refractivity contribution in [3.63, 3.8) is 0 Å². The largest absolute Gasteiger partial charge is 0.480 e. The quantitative estimate of drug-likeness (QED) is 0.354. The van der Waals surface area contributed by atoms with Crippen LogP contribution in [0.3, 0.4) is 0 Å². The molecule has 0 unspecified atom stereocenters. The number of rotatable bonds is 9. The molecule has 0 aliphatic heterocycles. The number of carbonyl (C=O) groups is 3. The lowest BCUT2D eigenvalue weighted by Crippen LogP contribution is -2.59. The first kappa shape index (κ1) is 23.9. The number of aryl methyl sites for hydroxylation is 1. The summed E-state index contributed by atoms with van der Waals surface area (Å²) in [4.78, 5) is 41.1. The van der Waals surface area contributed by atoms with Gasteiger partial charge in [-0.25, -0.2) is 9.78 Å². The van der Waals surface area contributed by atoms with Gasteiger partial charge in [0.1, 0.15) is 11.2 Å². The normalized spacial score (nSPS) is 14.7. The van der Waals surface area contributed by atoms with Gasteiger partial charge in [0.05, 0.1) is 11.4 Å². The molecule has 0 saturated heterocycles. The number of amides is 1. The van der Waals surface area contributed by atoms with Gasteiger partial charge in [0.25, 0.3) is 5.91 Å². The van der Waals surface area contributed by atoms with Crippen LogP contribution >= 0.6 is 0 Å². The molecule has 178 valence electrons. The van der Waals surface area contributed by atoms with E-state index in [-0.39, 0.29) is 11.5 Å². The van der Waals surface area contributed by atoms with Gasteiger partial charge >= 0.3 is 5.97 Å². The van der Waals surface area contributed by atoms with Crippen molar-refractivity contribution < 1.29 is 19.5 Å². The Morgan fingerprint density at radius 3 is 2.51 bits per heavy atom. The van der Waals surface area contributed by atoms with Crippen molar-refractivity contribution in [2.24, 2.45) is 0 Å². The molecular weight excluding hydrogens is 442 g/mol. The Kier molecular flexibility index (Phi) is 7.06. The third-order valence-corrected chi connectivity index (χ3v) is 6.15. The summed E-state index contributed by atoms with van der Waals surface area (Å²) in [6.45, 7) is 2.47. The number of aromatic nitrogens is 2. The molecule has 1 aliphatic carbocycles. The lowest BCUT2D eigenvalue weighted by molar-refractivity contribution is -0.148. The van der Waals surface area contributed by atoms with E-state index in [1.165, 1.54) is 0 Å². The van der Waals surface area contributed by atoms with Gasteiger partial charge in [0.15, 0.2) is 0 Å². The average Bonchev–Trinajstić information content (AvgIpc) is 3.29.